The van der Waals surface area contributed by atoms with Gasteiger partial charge in [0.15, 0.2) is 0 Å². The summed E-state index contributed by atoms with van der Waals surface area (Å²) in [5.74, 6) is 0.143. The van der Waals surface area contributed by atoms with Crippen LogP contribution >= 0.6 is 0 Å². The van der Waals surface area contributed by atoms with Crippen LogP contribution < -0.4 is 5.32 Å². The molecule has 0 aliphatic carbocycles. The fraction of sp³-hybridized carbons (Fsp3) is 0.571. The molecule has 0 aromatic carbocycles. The fourth-order valence-corrected chi connectivity index (χ4v) is 1.47. The minimum absolute atomic E-state index is 0.159. The third kappa shape index (κ3) is 6.31. The number of rotatable bonds is 7. The van der Waals surface area contributed by atoms with Crippen molar-refractivity contribution in [2.45, 2.75) is 26.9 Å². The molecule has 1 aromatic rings. The standard InChI is InChI=1S/C14H22N2O3/c1-10(2)8-19-9-12(17)7-15-14(18)13-6-4-5-11(3)16-13/h4-6,10,12,17H,7-9H2,1-3H3,(H,15,18). The van der Waals surface area contributed by atoms with E-state index in [2.05, 4.69) is 10.3 Å². The van der Waals surface area contributed by atoms with Crippen LogP contribution in [0.3, 0.4) is 0 Å². The molecule has 19 heavy (non-hydrogen) atoms. The molecule has 2 N–H and O–H groups in total. The van der Waals surface area contributed by atoms with Crippen molar-refractivity contribution in [1.82, 2.24) is 10.3 Å². The molecule has 0 bridgehead atoms. The molecule has 0 spiro atoms. The van der Waals surface area contributed by atoms with Crippen molar-refractivity contribution in [2.24, 2.45) is 5.92 Å². The summed E-state index contributed by atoms with van der Waals surface area (Å²) < 4.78 is 5.30. The number of amides is 1. The number of hydrogen-bond acceptors (Lipinski definition) is 4. The van der Waals surface area contributed by atoms with Crippen molar-refractivity contribution in [1.29, 1.82) is 0 Å². The van der Waals surface area contributed by atoms with Gasteiger partial charge in [-0.25, -0.2) is 4.98 Å². The Labute approximate surface area is 114 Å². The predicted octanol–water partition coefficient (Wildman–Crippen LogP) is 1.15. The van der Waals surface area contributed by atoms with Gasteiger partial charge in [-0.1, -0.05) is 19.9 Å². The fourth-order valence-electron chi connectivity index (χ4n) is 1.47. The second-order valence-corrected chi connectivity index (χ2v) is 4.96. The number of aromatic nitrogens is 1. The highest BCUT2D eigenvalue weighted by Gasteiger charge is 2.10. The van der Waals surface area contributed by atoms with Gasteiger partial charge in [0.1, 0.15) is 5.69 Å². The van der Waals surface area contributed by atoms with Crippen molar-refractivity contribution in [3.05, 3.63) is 29.6 Å². The first kappa shape index (κ1) is 15.6. The zero-order valence-corrected chi connectivity index (χ0v) is 11.7. The number of aliphatic hydroxyl groups is 1. The van der Waals surface area contributed by atoms with Crippen LogP contribution in [0.5, 0.6) is 0 Å². The summed E-state index contributed by atoms with van der Waals surface area (Å²) in [6.07, 6.45) is -0.701. The summed E-state index contributed by atoms with van der Waals surface area (Å²) in [6, 6.07) is 5.24. The van der Waals surface area contributed by atoms with Gasteiger partial charge in [0.2, 0.25) is 0 Å². The number of carbonyl (C=O) groups is 1. The van der Waals surface area contributed by atoms with E-state index in [0.29, 0.717) is 18.2 Å². The monoisotopic (exact) mass is 266 g/mol. The lowest BCUT2D eigenvalue weighted by atomic mass is 10.2. The lowest BCUT2D eigenvalue weighted by molar-refractivity contribution is 0.0259. The highest BCUT2D eigenvalue weighted by atomic mass is 16.5. The van der Waals surface area contributed by atoms with E-state index in [4.69, 9.17) is 4.74 Å². The third-order valence-electron chi connectivity index (χ3n) is 2.38. The summed E-state index contributed by atoms with van der Waals surface area (Å²) in [5, 5.41) is 12.3. The first-order valence-corrected chi connectivity index (χ1v) is 6.46. The summed E-state index contributed by atoms with van der Waals surface area (Å²) in [5.41, 5.74) is 1.14. The lowest BCUT2D eigenvalue weighted by Gasteiger charge is -2.13. The van der Waals surface area contributed by atoms with Gasteiger partial charge in [0.05, 0.1) is 12.7 Å². The maximum absolute atomic E-state index is 11.8. The van der Waals surface area contributed by atoms with E-state index in [-0.39, 0.29) is 19.1 Å². The molecule has 5 heteroatoms. The minimum Gasteiger partial charge on any atom is -0.389 e. The smallest absolute Gasteiger partial charge is 0.269 e. The maximum atomic E-state index is 11.8. The summed E-state index contributed by atoms with van der Waals surface area (Å²) in [4.78, 5) is 15.9. The van der Waals surface area contributed by atoms with Gasteiger partial charge in [-0.2, -0.15) is 0 Å². The summed E-state index contributed by atoms with van der Waals surface area (Å²) >= 11 is 0. The van der Waals surface area contributed by atoms with Gasteiger partial charge in [0, 0.05) is 18.8 Å². The van der Waals surface area contributed by atoms with E-state index in [0.717, 1.165) is 5.69 Å². The van der Waals surface area contributed by atoms with E-state index in [1.54, 1.807) is 12.1 Å². The normalized spacial score (nSPS) is 12.5. The highest BCUT2D eigenvalue weighted by Crippen LogP contribution is 1.98. The number of pyridine rings is 1. The molecule has 0 saturated carbocycles. The number of nitrogens with zero attached hydrogens (tertiary/aromatic N) is 1. The molecule has 0 fully saturated rings. The third-order valence-corrected chi connectivity index (χ3v) is 2.38. The zero-order chi connectivity index (χ0) is 14.3. The van der Waals surface area contributed by atoms with Gasteiger partial charge in [-0.05, 0) is 25.0 Å². The van der Waals surface area contributed by atoms with Crippen molar-refractivity contribution < 1.29 is 14.6 Å². The SMILES string of the molecule is Cc1cccc(C(=O)NCC(O)COCC(C)C)n1. The molecule has 1 rings (SSSR count). The van der Waals surface area contributed by atoms with Crippen molar-refractivity contribution in [3.63, 3.8) is 0 Å². The Balaban J connectivity index is 2.30. The molecule has 1 aromatic heterocycles. The predicted molar refractivity (Wildman–Crippen MR) is 73.0 cm³/mol. The van der Waals surface area contributed by atoms with Gasteiger partial charge < -0.3 is 15.2 Å². The van der Waals surface area contributed by atoms with Crippen LogP contribution in [0, 0.1) is 12.8 Å². The number of ether oxygens (including phenoxy) is 1. The number of carbonyl (C=O) groups excluding carboxylic acids is 1. The Bertz CT molecular complexity index is 407. The molecule has 1 amide bonds. The first-order chi connectivity index (χ1) is 8.99. The molecular weight excluding hydrogens is 244 g/mol. The number of hydrogen-bond donors (Lipinski definition) is 2. The minimum atomic E-state index is -0.701. The molecule has 1 unspecified atom stereocenters. The molecule has 0 aliphatic heterocycles. The van der Waals surface area contributed by atoms with E-state index in [1.165, 1.54) is 0 Å². The molecule has 1 atom stereocenters. The molecular formula is C14H22N2O3. The van der Waals surface area contributed by atoms with Crippen molar-refractivity contribution in [2.75, 3.05) is 19.8 Å². The largest absolute Gasteiger partial charge is 0.389 e. The molecule has 0 saturated heterocycles. The Morgan fingerprint density at radius 3 is 2.79 bits per heavy atom. The highest BCUT2D eigenvalue weighted by molar-refractivity contribution is 5.92. The summed E-state index contributed by atoms with van der Waals surface area (Å²) in [7, 11) is 0. The van der Waals surface area contributed by atoms with Crippen LogP contribution in [-0.4, -0.2) is 41.9 Å². The van der Waals surface area contributed by atoms with Gasteiger partial charge >= 0.3 is 0 Å². The lowest BCUT2D eigenvalue weighted by Crippen LogP contribution is -2.35. The van der Waals surface area contributed by atoms with Crippen LogP contribution in [0.2, 0.25) is 0 Å². The summed E-state index contributed by atoms with van der Waals surface area (Å²) in [6.45, 7) is 6.89. The first-order valence-electron chi connectivity index (χ1n) is 6.46. The Morgan fingerprint density at radius 1 is 1.42 bits per heavy atom. The molecule has 5 nitrogen and oxygen atoms in total. The molecule has 1 heterocycles. The zero-order valence-electron chi connectivity index (χ0n) is 11.7. The van der Waals surface area contributed by atoms with Crippen LogP contribution in [0.4, 0.5) is 0 Å². The Morgan fingerprint density at radius 2 is 2.16 bits per heavy atom. The van der Waals surface area contributed by atoms with Crippen LogP contribution in [0.25, 0.3) is 0 Å². The van der Waals surface area contributed by atoms with E-state index in [1.807, 2.05) is 26.8 Å². The molecule has 0 aliphatic rings. The van der Waals surface area contributed by atoms with E-state index < -0.39 is 6.10 Å². The number of nitrogens with one attached hydrogen (secondary N) is 1. The average molecular weight is 266 g/mol. The van der Waals surface area contributed by atoms with Gasteiger partial charge in [-0.3, -0.25) is 4.79 Å². The topological polar surface area (TPSA) is 71.5 Å². The van der Waals surface area contributed by atoms with E-state index in [9.17, 15) is 9.90 Å². The van der Waals surface area contributed by atoms with Gasteiger partial charge in [0.25, 0.3) is 5.91 Å². The van der Waals surface area contributed by atoms with Crippen LogP contribution in [0.1, 0.15) is 30.0 Å². The van der Waals surface area contributed by atoms with Crippen molar-refractivity contribution in [3.8, 4) is 0 Å². The molecule has 106 valence electrons. The van der Waals surface area contributed by atoms with Crippen LogP contribution in [-0.2, 0) is 4.74 Å². The Kier molecular flexibility index (Phi) is 6.45. The van der Waals surface area contributed by atoms with Crippen molar-refractivity contribution >= 4 is 5.91 Å². The quantitative estimate of drug-likeness (QED) is 0.776. The number of aliphatic hydroxyl groups excluding tert-OH is 1. The van der Waals surface area contributed by atoms with E-state index >= 15 is 0 Å². The second kappa shape index (κ2) is 7.86. The second-order valence-electron chi connectivity index (χ2n) is 4.96. The van der Waals surface area contributed by atoms with Gasteiger partial charge in [-0.15, -0.1) is 0 Å². The Hall–Kier alpha value is -1.46. The average Bonchev–Trinajstić information content (AvgIpc) is 2.35. The maximum Gasteiger partial charge on any atom is 0.269 e. The molecule has 0 radical (unpaired) electrons. The van der Waals surface area contributed by atoms with Crippen LogP contribution in [0.15, 0.2) is 18.2 Å². The number of aryl methyl sites for hydroxylation is 1.